The average Bonchev–Trinajstić information content (AvgIpc) is 2.85. The topological polar surface area (TPSA) is 53.0 Å². The van der Waals surface area contributed by atoms with Crippen LogP contribution in [0.5, 0.6) is 5.75 Å². The standard InChI is InChI=1S/C15H19FN2O3/c16-11-3-4-14-13(8-11)17(6-7-21-14)9-12(19)10-18-5-1-2-15(18)20/h3-4,8,12,19H,1-2,5-7,9-10H2. The van der Waals surface area contributed by atoms with Crippen LogP contribution < -0.4 is 9.64 Å². The molecular formula is C15H19FN2O3. The van der Waals surface area contributed by atoms with Crippen molar-refractivity contribution >= 4 is 11.6 Å². The first-order chi connectivity index (χ1) is 10.1. The fourth-order valence-corrected chi connectivity index (χ4v) is 2.90. The highest BCUT2D eigenvalue weighted by atomic mass is 19.1. The number of fused-ring (bicyclic) bond motifs is 1. The van der Waals surface area contributed by atoms with Crippen LogP contribution in [0.25, 0.3) is 0 Å². The van der Waals surface area contributed by atoms with E-state index >= 15 is 0 Å². The van der Waals surface area contributed by atoms with E-state index in [1.165, 1.54) is 12.1 Å². The molecule has 1 aromatic rings. The Morgan fingerprint density at radius 3 is 2.86 bits per heavy atom. The van der Waals surface area contributed by atoms with Gasteiger partial charge in [0.05, 0.1) is 18.3 Å². The van der Waals surface area contributed by atoms with Crippen molar-refractivity contribution in [2.45, 2.75) is 18.9 Å². The summed E-state index contributed by atoms with van der Waals surface area (Å²) in [6.45, 7) is 2.52. The lowest BCUT2D eigenvalue weighted by atomic mass is 10.2. The fourth-order valence-electron chi connectivity index (χ4n) is 2.90. The molecule has 3 rings (SSSR count). The van der Waals surface area contributed by atoms with Gasteiger partial charge in [0.25, 0.3) is 0 Å². The summed E-state index contributed by atoms with van der Waals surface area (Å²) in [5.41, 5.74) is 0.660. The number of hydrogen-bond acceptors (Lipinski definition) is 4. The smallest absolute Gasteiger partial charge is 0.222 e. The predicted octanol–water partition coefficient (Wildman–Crippen LogP) is 1.01. The van der Waals surface area contributed by atoms with Crippen LogP contribution in [0.4, 0.5) is 10.1 Å². The molecule has 2 aliphatic rings. The molecule has 0 radical (unpaired) electrons. The van der Waals surface area contributed by atoms with Gasteiger partial charge >= 0.3 is 0 Å². The van der Waals surface area contributed by atoms with Gasteiger partial charge in [0.2, 0.25) is 5.91 Å². The molecule has 1 amide bonds. The number of anilines is 1. The lowest BCUT2D eigenvalue weighted by Gasteiger charge is -2.33. The first kappa shape index (κ1) is 14.1. The highest BCUT2D eigenvalue weighted by Crippen LogP contribution is 2.32. The number of aliphatic hydroxyl groups is 1. The largest absolute Gasteiger partial charge is 0.490 e. The highest BCUT2D eigenvalue weighted by Gasteiger charge is 2.25. The van der Waals surface area contributed by atoms with E-state index in [-0.39, 0.29) is 11.7 Å². The van der Waals surface area contributed by atoms with Crippen molar-refractivity contribution in [1.82, 2.24) is 4.90 Å². The molecule has 2 heterocycles. The number of amides is 1. The van der Waals surface area contributed by atoms with Gasteiger partial charge in [-0.15, -0.1) is 0 Å². The van der Waals surface area contributed by atoms with E-state index in [0.29, 0.717) is 50.6 Å². The van der Waals surface area contributed by atoms with Crippen LogP contribution >= 0.6 is 0 Å². The van der Waals surface area contributed by atoms with Crippen molar-refractivity contribution < 1.29 is 19.0 Å². The van der Waals surface area contributed by atoms with Crippen LogP contribution in [0.3, 0.4) is 0 Å². The lowest BCUT2D eigenvalue weighted by Crippen LogP contribution is -2.43. The van der Waals surface area contributed by atoms with Crippen LogP contribution in [-0.4, -0.2) is 54.8 Å². The molecule has 0 bridgehead atoms. The van der Waals surface area contributed by atoms with Crippen LogP contribution in [0.1, 0.15) is 12.8 Å². The molecule has 21 heavy (non-hydrogen) atoms. The van der Waals surface area contributed by atoms with Gasteiger partial charge < -0.3 is 19.6 Å². The van der Waals surface area contributed by atoms with Crippen molar-refractivity contribution in [3.05, 3.63) is 24.0 Å². The summed E-state index contributed by atoms with van der Waals surface area (Å²) in [6, 6.07) is 4.39. The van der Waals surface area contributed by atoms with E-state index in [1.54, 1.807) is 11.0 Å². The first-order valence-electron chi connectivity index (χ1n) is 7.26. The summed E-state index contributed by atoms with van der Waals surface area (Å²) in [5, 5.41) is 10.2. The number of halogens is 1. The van der Waals surface area contributed by atoms with Gasteiger partial charge in [-0.3, -0.25) is 4.79 Å². The van der Waals surface area contributed by atoms with E-state index in [9.17, 15) is 14.3 Å². The predicted molar refractivity (Wildman–Crippen MR) is 75.9 cm³/mol. The molecule has 0 saturated carbocycles. The van der Waals surface area contributed by atoms with E-state index in [1.807, 2.05) is 4.90 Å². The van der Waals surface area contributed by atoms with Crippen LogP contribution in [0.2, 0.25) is 0 Å². The third-order valence-corrected chi connectivity index (χ3v) is 3.91. The Morgan fingerprint density at radius 2 is 2.10 bits per heavy atom. The summed E-state index contributed by atoms with van der Waals surface area (Å²) >= 11 is 0. The van der Waals surface area contributed by atoms with E-state index in [4.69, 9.17) is 4.74 Å². The van der Waals surface area contributed by atoms with Gasteiger partial charge in [-0.05, 0) is 18.6 Å². The zero-order valence-corrected chi connectivity index (χ0v) is 11.8. The Morgan fingerprint density at radius 1 is 1.29 bits per heavy atom. The van der Waals surface area contributed by atoms with Crippen LogP contribution in [0.15, 0.2) is 18.2 Å². The second-order valence-electron chi connectivity index (χ2n) is 5.50. The average molecular weight is 294 g/mol. The van der Waals surface area contributed by atoms with E-state index in [2.05, 4.69) is 0 Å². The number of ether oxygens (including phenoxy) is 1. The number of rotatable bonds is 4. The second kappa shape index (κ2) is 5.89. The Bertz CT molecular complexity index is 538. The van der Waals surface area contributed by atoms with Gasteiger partial charge in [-0.1, -0.05) is 0 Å². The van der Waals surface area contributed by atoms with Crippen molar-refractivity contribution in [1.29, 1.82) is 0 Å². The Kier molecular flexibility index (Phi) is 3.96. The molecule has 0 aromatic heterocycles. The lowest BCUT2D eigenvalue weighted by molar-refractivity contribution is -0.128. The molecule has 6 heteroatoms. The Hall–Kier alpha value is -1.82. The summed E-state index contributed by atoms with van der Waals surface area (Å²) < 4.78 is 18.9. The molecule has 1 atom stereocenters. The molecule has 114 valence electrons. The number of aliphatic hydroxyl groups excluding tert-OH is 1. The molecule has 1 N–H and O–H groups in total. The Labute approximate surface area is 122 Å². The van der Waals surface area contributed by atoms with E-state index in [0.717, 1.165) is 6.42 Å². The summed E-state index contributed by atoms with van der Waals surface area (Å²) in [7, 11) is 0. The molecule has 2 aliphatic heterocycles. The Balaban J connectivity index is 1.65. The quantitative estimate of drug-likeness (QED) is 0.900. The minimum atomic E-state index is -0.652. The molecule has 1 fully saturated rings. The maximum Gasteiger partial charge on any atom is 0.222 e. The van der Waals surface area contributed by atoms with Crippen LogP contribution in [0, 0.1) is 5.82 Å². The van der Waals surface area contributed by atoms with Crippen molar-refractivity contribution in [3.8, 4) is 5.75 Å². The minimum Gasteiger partial charge on any atom is -0.490 e. The maximum atomic E-state index is 13.4. The molecule has 0 spiro atoms. The highest BCUT2D eigenvalue weighted by molar-refractivity contribution is 5.78. The number of nitrogens with zero attached hydrogens (tertiary/aromatic N) is 2. The fraction of sp³-hybridized carbons (Fsp3) is 0.533. The minimum absolute atomic E-state index is 0.0995. The van der Waals surface area contributed by atoms with Gasteiger partial charge in [0.1, 0.15) is 18.2 Å². The number of carbonyl (C=O) groups is 1. The molecule has 0 aliphatic carbocycles. The monoisotopic (exact) mass is 294 g/mol. The number of likely N-dealkylation sites (tertiary alicyclic amines) is 1. The zero-order chi connectivity index (χ0) is 14.8. The summed E-state index contributed by atoms with van der Waals surface area (Å²) in [4.78, 5) is 15.2. The van der Waals surface area contributed by atoms with Gasteiger partial charge in [-0.25, -0.2) is 4.39 Å². The van der Waals surface area contributed by atoms with Gasteiger partial charge in [-0.2, -0.15) is 0 Å². The summed E-state index contributed by atoms with van der Waals surface area (Å²) in [6.07, 6.45) is 0.774. The van der Waals surface area contributed by atoms with Crippen molar-refractivity contribution in [3.63, 3.8) is 0 Å². The number of hydrogen-bond donors (Lipinski definition) is 1. The van der Waals surface area contributed by atoms with Crippen molar-refractivity contribution in [2.24, 2.45) is 0 Å². The number of carbonyl (C=O) groups excluding carboxylic acids is 1. The van der Waals surface area contributed by atoms with Gasteiger partial charge in [0, 0.05) is 32.1 Å². The second-order valence-corrected chi connectivity index (χ2v) is 5.50. The maximum absolute atomic E-state index is 13.4. The normalized spacial score (nSPS) is 19.4. The molecule has 1 saturated heterocycles. The first-order valence-corrected chi connectivity index (χ1v) is 7.26. The molecule has 1 aromatic carbocycles. The molecule has 5 nitrogen and oxygen atoms in total. The SMILES string of the molecule is O=C1CCCN1CC(O)CN1CCOc2ccc(F)cc21. The van der Waals surface area contributed by atoms with Crippen LogP contribution in [-0.2, 0) is 4.79 Å². The molecule has 1 unspecified atom stereocenters. The zero-order valence-electron chi connectivity index (χ0n) is 11.8. The van der Waals surface area contributed by atoms with Gasteiger partial charge in [0.15, 0.2) is 0 Å². The van der Waals surface area contributed by atoms with E-state index < -0.39 is 6.10 Å². The number of β-amino-alcohol motifs (C(OH)–C–C–N with tert-alkyl or cyclic N) is 1. The summed E-state index contributed by atoms with van der Waals surface area (Å²) in [5.74, 6) is 0.406. The number of benzene rings is 1. The third kappa shape index (κ3) is 3.10. The molecular weight excluding hydrogens is 275 g/mol. The van der Waals surface area contributed by atoms with Crippen molar-refractivity contribution in [2.75, 3.05) is 37.7 Å². The third-order valence-electron chi connectivity index (χ3n) is 3.91.